The van der Waals surface area contributed by atoms with Gasteiger partial charge >= 0.3 is 0 Å². The van der Waals surface area contributed by atoms with Crippen molar-refractivity contribution in [1.29, 1.82) is 0 Å². The summed E-state index contributed by atoms with van der Waals surface area (Å²) in [6, 6.07) is 5.31. The molecule has 1 aliphatic rings. The van der Waals surface area contributed by atoms with Crippen LogP contribution in [-0.4, -0.2) is 41.8 Å². The van der Waals surface area contributed by atoms with Crippen LogP contribution in [0.2, 0.25) is 10.0 Å². The predicted molar refractivity (Wildman–Crippen MR) is 78.3 cm³/mol. The molecule has 0 bridgehead atoms. The first-order valence-electron chi connectivity index (χ1n) is 6.49. The Morgan fingerprint density at radius 3 is 2.68 bits per heavy atom. The summed E-state index contributed by atoms with van der Waals surface area (Å²) < 4.78 is 5.65. The molecule has 1 unspecified atom stereocenters. The van der Waals surface area contributed by atoms with Gasteiger partial charge in [-0.2, -0.15) is 0 Å². The van der Waals surface area contributed by atoms with Crippen molar-refractivity contribution in [3.8, 4) is 5.75 Å². The predicted octanol–water partition coefficient (Wildman–Crippen LogP) is 3.22. The highest BCUT2D eigenvalue weighted by Gasteiger charge is 2.27. The number of halogens is 2. The van der Waals surface area contributed by atoms with Crippen LogP contribution in [0.1, 0.15) is 19.8 Å². The van der Waals surface area contributed by atoms with Gasteiger partial charge < -0.3 is 9.84 Å². The van der Waals surface area contributed by atoms with E-state index in [2.05, 4.69) is 4.90 Å². The van der Waals surface area contributed by atoms with Gasteiger partial charge in [0.2, 0.25) is 0 Å². The molecule has 1 fully saturated rings. The van der Waals surface area contributed by atoms with Gasteiger partial charge in [-0.1, -0.05) is 29.3 Å². The van der Waals surface area contributed by atoms with Crippen molar-refractivity contribution < 1.29 is 9.84 Å². The Labute approximate surface area is 124 Å². The van der Waals surface area contributed by atoms with Crippen LogP contribution in [0.25, 0.3) is 0 Å². The molecule has 2 rings (SSSR count). The Morgan fingerprint density at radius 2 is 2.05 bits per heavy atom. The van der Waals surface area contributed by atoms with Crippen LogP contribution >= 0.6 is 23.2 Å². The molecule has 0 saturated carbocycles. The van der Waals surface area contributed by atoms with Gasteiger partial charge in [0, 0.05) is 13.1 Å². The second-order valence-corrected chi connectivity index (χ2v) is 6.09. The third-order valence-electron chi connectivity index (χ3n) is 3.33. The number of hydrogen-bond acceptors (Lipinski definition) is 3. The second-order valence-electron chi connectivity index (χ2n) is 5.28. The van der Waals surface area contributed by atoms with E-state index in [-0.39, 0.29) is 0 Å². The highest BCUT2D eigenvalue weighted by Crippen LogP contribution is 2.32. The quantitative estimate of drug-likeness (QED) is 0.927. The Morgan fingerprint density at radius 1 is 1.37 bits per heavy atom. The highest BCUT2D eigenvalue weighted by molar-refractivity contribution is 6.37. The molecular formula is C14H19Cl2NO2. The van der Waals surface area contributed by atoms with Crippen molar-refractivity contribution >= 4 is 23.2 Å². The largest absolute Gasteiger partial charge is 0.489 e. The lowest BCUT2D eigenvalue weighted by atomic mass is 9.95. The van der Waals surface area contributed by atoms with Crippen LogP contribution < -0.4 is 4.74 Å². The number of likely N-dealkylation sites (tertiary alicyclic amines) is 1. The van der Waals surface area contributed by atoms with E-state index in [1.165, 1.54) is 0 Å². The minimum atomic E-state index is -0.583. The fourth-order valence-electron chi connectivity index (χ4n) is 2.41. The van der Waals surface area contributed by atoms with Crippen molar-refractivity contribution in [3.05, 3.63) is 28.2 Å². The molecule has 19 heavy (non-hydrogen) atoms. The smallest absolute Gasteiger partial charge is 0.156 e. The third kappa shape index (κ3) is 4.25. The van der Waals surface area contributed by atoms with Crippen molar-refractivity contribution in [2.75, 3.05) is 26.2 Å². The maximum absolute atomic E-state index is 10.0. The lowest BCUT2D eigenvalue weighted by Gasteiger charge is -2.36. The van der Waals surface area contributed by atoms with Crippen LogP contribution in [0, 0.1) is 0 Å². The third-order valence-corrected chi connectivity index (χ3v) is 3.92. The molecule has 0 aromatic heterocycles. The molecule has 1 heterocycles. The lowest BCUT2D eigenvalue weighted by molar-refractivity contribution is -0.0183. The number of β-amino-alcohol motifs (C(OH)–C–C–N with tert-alkyl or cyclic N) is 1. The van der Waals surface area contributed by atoms with Crippen molar-refractivity contribution in [2.45, 2.75) is 25.4 Å². The van der Waals surface area contributed by atoms with E-state index in [0.29, 0.717) is 28.9 Å². The first kappa shape index (κ1) is 14.9. The normalized spacial score (nSPS) is 24.4. The molecule has 1 N–H and O–H groups in total. The molecule has 3 nitrogen and oxygen atoms in total. The van der Waals surface area contributed by atoms with Gasteiger partial charge in [0.25, 0.3) is 0 Å². The maximum atomic E-state index is 10.0. The number of piperidine rings is 1. The van der Waals surface area contributed by atoms with E-state index in [0.717, 1.165) is 25.9 Å². The Balaban J connectivity index is 1.83. The van der Waals surface area contributed by atoms with E-state index in [1.807, 2.05) is 6.92 Å². The van der Waals surface area contributed by atoms with Crippen molar-refractivity contribution in [1.82, 2.24) is 4.90 Å². The van der Waals surface area contributed by atoms with E-state index in [4.69, 9.17) is 27.9 Å². The average molecular weight is 304 g/mol. The number of aliphatic hydroxyl groups is 1. The zero-order chi connectivity index (χ0) is 13.9. The number of hydrogen-bond donors (Lipinski definition) is 1. The van der Waals surface area contributed by atoms with E-state index >= 15 is 0 Å². The molecule has 1 saturated heterocycles. The molecule has 106 valence electrons. The number of nitrogens with zero attached hydrogens (tertiary/aromatic N) is 1. The van der Waals surface area contributed by atoms with E-state index in [1.54, 1.807) is 18.2 Å². The fraction of sp³-hybridized carbons (Fsp3) is 0.571. The number of para-hydroxylation sites is 1. The number of rotatable bonds is 4. The summed E-state index contributed by atoms with van der Waals surface area (Å²) in [7, 11) is 0. The summed E-state index contributed by atoms with van der Waals surface area (Å²) >= 11 is 12.1. The van der Waals surface area contributed by atoms with Crippen LogP contribution in [0.15, 0.2) is 18.2 Å². The van der Waals surface area contributed by atoms with Gasteiger partial charge in [-0.05, 0) is 38.4 Å². The second kappa shape index (κ2) is 6.31. The van der Waals surface area contributed by atoms with Gasteiger partial charge in [0.1, 0.15) is 6.61 Å². The molecular weight excluding hydrogens is 285 g/mol. The first-order chi connectivity index (χ1) is 8.98. The zero-order valence-corrected chi connectivity index (χ0v) is 12.5. The maximum Gasteiger partial charge on any atom is 0.156 e. The molecule has 0 amide bonds. The van der Waals surface area contributed by atoms with Crippen LogP contribution in [0.4, 0.5) is 0 Å². The van der Waals surface area contributed by atoms with Gasteiger partial charge in [-0.15, -0.1) is 0 Å². The van der Waals surface area contributed by atoms with Crippen LogP contribution in [0.5, 0.6) is 5.75 Å². The Bertz CT molecular complexity index is 417. The minimum absolute atomic E-state index is 0.513. The standard InChI is InChI=1S/C14H19Cl2NO2/c1-14(18)6-3-7-17(10-14)8-9-19-13-11(15)4-2-5-12(13)16/h2,4-5,18H,3,6-10H2,1H3. The van der Waals surface area contributed by atoms with Crippen molar-refractivity contribution in [2.24, 2.45) is 0 Å². The van der Waals surface area contributed by atoms with Gasteiger partial charge in [0.15, 0.2) is 5.75 Å². The highest BCUT2D eigenvalue weighted by atomic mass is 35.5. The van der Waals surface area contributed by atoms with Gasteiger partial charge in [-0.25, -0.2) is 0 Å². The van der Waals surface area contributed by atoms with Gasteiger partial charge in [0.05, 0.1) is 15.6 Å². The molecule has 1 atom stereocenters. The SMILES string of the molecule is CC1(O)CCCN(CCOc2c(Cl)cccc2Cl)C1. The topological polar surface area (TPSA) is 32.7 Å². The number of benzene rings is 1. The molecule has 1 aromatic carbocycles. The molecule has 1 aromatic rings. The van der Waals surface area contributed by atoms with E-state index < -0.39 is 5.60 Å². The Hall–Kier alpha value is -0.480. The average Bonchev–Trinajstić information content (AvgIpc) is 2.32. The summed E-state index contributed by atoms with van der Waals surface area (Å²) in [6.45, 7) is 4.84. The first-order valence-corrected chi connectivity index (χ1v) is 7.25. The summed E-state index contributed by atoms with van der Waals surface area (Å²) in [5.41, 5.74) is -0.583. The molecule has 0 radical (unpaired) electrons. The molecule has 0 spiro atoms. The minimum Gasteiger partial charge on any atom is -0.489 e. The molecule has 0 aliphatic carbocycles. The Kier molecular flexibility index (Phi) is 4.96. The number of ether oxygens (including phenoxy) is 1. The fourth-order valence-corrected chi connectivity index (χ4v) is 2.92. The molecule has 5 heteroatoms. The van der Waals surface area contributed by atoms with Crippen LogP contribution in [-0.2, 0) is 0 Å². The van der Waals surface area contributed by atoms with Crippen molar-refractivity contribution in [3.63, 3.8) is 0 Å². The molecule has 1 aliphatic heterocycles. The lowest BCUT2D eigenvalue weighted by Crippen LogP contribution is -2.47. The van der Waals surface area contributed by atoms with E-state index in [9.17, 15) is 5.11 Å². The summed E-state index contributed by atoms with van der Waals surface area (Å²) in [4.78, 5) is 2.20. The van der Waals surface area contributed by atoms with Crippen LogP contribution in [0.3, 0.4) is 0 Å². The van der Waals surface area contributed by atoms with Gasteiger partial charge in [-0.3, -0.25) is 4.90 Å². The zero-order valence-electron chi connectivity index (χ0n) is 11.0. The summed E-state index contributed by atoms with van der Waals surface area (Å²) in [6.07, 6.45) is 1.88. The monoisotopic (exact) mass is 303 g/mol. The summed E-state index contributed by atoms with van der Waals surface area (Å²) in [5.74, 6) is 0.537. The summed E-state index contributed by atoms with van der Waals surface area (Å²) in [5, 5.41) is 11.1.